The first kappa shape index (κ1) is 22.3. The molecule has 4 atom stereocenters. The Hall–Kier alpha value is -1.54. The van der Waals surface area contributed by atoms with Crippen LogP contribution in [0.3, 0.4) is 0 Å². The van der Waals surface area contributed by atoms with Crippen LogP contribution < -0.4 is 0 Å². The van der Waals surface area contributed by atoms with Crippen LogP contribution in [0.2, 0.25) is 0 Å². The topological polar surface area (TPSA) is 3.24 Å². The normalized spacial score (nSPS) is 31.6. The Morgan fingerprint density at radius 2 is 1.91 bits per heavy atom. The number of likely N-dealkylation sites (tertiary alicyclic amines) is 1. The average molecular weight is 493 g/mol. The van der Waals surface area contributed by atoms with Gasteiger partial charge in [0.15, 0.2) is 0 Å². The second-order valence-corrected chi connectivity index (χ2v) is 11.3. The molecule has 2 heteroatoms. The highest BCUT2D eigenvalue weighted by Crippen LogP contribution is 2.59. The monoisotopic (exact) mass is 491 g/mol. The summed E-state index contributed by atoms with van der Waals surface area (Å²) >= 11 is 3.67. The largest absolute Gasteiger partial charge is 0.372 e. The van der Waals surface area contributed by atoms with Gasteiger partial charge in [-0.25, -0.2) is 0 Å². The molecule has 0 bridgehead atoms. The van der Waals surface area contributed by atoms with Crippen molar-refractivity contribution in [3.05, 3.63) is 70.9 Å². The third-order valence-electron chi connectivity index (χ3n) is 9.22. The molecule has 3 fully saturated rings. The van der Waals surface area contributed by atoms with Gasteiger partial charge in [-0.05, 0) is 103 Å². The standard InChI is InChI=1S/C30H38BrN/c1-22-9-14-28(15-12-27-13-16-29-26(21-31)8-5-18-30(27,29)2)32(22)19-17-23-10-11-24-6-3-4-7-25(24)20-23/h3-4,6-7,10-11,20-21,27-29H,1,5,8-9,12-19H2,2H3/b26-21+. The molecule has 5 rings (SSSR count). The van der Waals surface area contributed by atoms with E-state index in [1.165, 1.54) is 79.8 Å². The van der Waals surface area contributed by atoms with Crippen molar-refractivity contribution < 1.29 is 0 Å². The molecule has 0 amide bonds. The highest BCUT2D eigenvalue weighted by molar-refractivity contribution is 9.11. The molecule has 4 unspecified atom stereocenters. The van der Waals surface area contributed by atoms with Crippen molar-refractivity contribution in [1.29, 1.82) is 0 Å². The van der Waals surface area contributed by atoms with E-state index in [0.29, 0.717) is 11.5 Å². The van der Waals surface area contributed by atoms with Gasteiger partial charge in [0.25, 0.3) is 0 Å². The summed E-state index contributed by atoms with van der Waals surface area (Å²) in [5.41, 5.74) is 5.04. The van der Waals surface area contributed by atoms with E-state index in [4.69, 9.17) is 0 Å². The molecule has 2 aromatic rings. The van der Waals surface area contributed by atoms with Crippen molar-refractivity contribution in [3.8, 4) is 0 Å². The number of rotatable bonds is 6. The van der Waals surface area contributed by atoms with Crippen molar-refractivity contribution in [2.24, 2.45) is 17.3 Å². The zero-order valence-corrected chi connectivity index (χ0v) is 21.2. The first-order valence-electron chi connectivity index (χ1n) is 12.8. The molecular formula is C30H38BrN. The second kappa shape index (κ2) is 9.37. The Balaban J connectivity index is 1.21. The van der Waals surface area contributed by atoms with Crippen LogP contribution in [0.1, 0.15) is 70.3 Å². The number of fused-ring (bicyclic) bond motifs is 2. The predicted octanol–water partition coefficient (Wildman–Crippen LogP) is 8.64. The molecule has 1 saturated heterocycles. The molecule has 0 spiro atoms. The lowest BCUT2D eigenvalue weighted by molar-refractivity contribution is 0.121. The van der Waals surface area contributed by atoms with Crippen LogP contribution in [-0.2, 0) is 6.42 Å². The van der Waals surface area contributed by atoms with Crippen LogP contribution in [0, 0.1) is 17.3 Å². The molecule has 32 heavy (non-hydrogen) atoms. The summed E-state index contributed by atoms with van der Waals surface area (Å²) in [6.45, 7) is 8.16. The molecule has 1 aliphatic heterocycles. The van der Waals surface area contributed by atoms with E-state index in [0.717, 1.165) is 24.8 Å². The number of hydrogen-bond donors (Lipinski definition) is 0. The zero-order chi connectivity index (χ0) is 22.1. The lowest BCUT2D eigenvalue weighted by Crippen LogP contribution is -2.35. The summed E-state index contributed by atoms with van der Waals surface area (Å²) < 4.78 is 0. The molecule has 2 aromatic carbocycles. The van der Waals surface area contributed by atoms with E-state index in [9.17, 15) is 0 Å². The maximum Gasteiger partial charge on any atom is 0.0290 e. The Kier molecular flexibility index (Phi) is 6.52. The van der Waals surface area contributed by atoms with Crippen molar-refractivity contribution >= 4 is 26.7 Å². The van der Waals surface area contributed by atoms with Gasteiger partial charge in [-0.2, -0.15) is 0 Å². The van der Waals surface area contributed by atoms with E-state index >= 15 is 0 Å². The first-order chi connectivity index (χ1) is 15.6. The summed E-state index contributed by atoms with van der Waals surface area (Å²) in [4.78, 5) is 4.92. The van der Waals surface area contributed by atoms with E-state index in [1.54, 1.807) is 5.57 Å². The maximum absolute atomic E-state index is 4.44. The third kappa shape index (κ3) is 4.20. The lowest BCUT2D eigenvalue weighted by Gasteiger charge is -2.42. The van der Waals surface area contributed by atoms with E-state index in [2.05, 4.69) is 81.8 Å². The van der Waals surface area contributed by atoms with Crippen LogP contribution in [0.5, 0.6) is 0 Å². The minimum Gasteiger partial charge on any atom is -0.372 e. The Labute approximate surface area is 203 Å². The van der Waals surface area contributed by atoms with Crippen molar-refractivity contribution in [3.63, 3.8) is 0 Å². The number of allylic oxidation sites excluding steroid dienone is 2. The van der Waals surface area contributed by atoms with Crippen LogP contribution in [0.4, 0.5) is 0 Å². The summed E-state index contributed by atoms with van der Waals surface area (Å²) in [6.07, 6.45) is 13.3. The molecule has 0 N–H and O–H groups in total. The van der Waals surface area contributed by atoms with Gasteiger partial charge in [-0.3, -0.25) is 0 Å². The molecular weight excluding hydrogens is 454 g/mol. The highest BCUT2D eigenvalue weighted by Gasteiger charge is 2.49. The number of hydrogen-bond acceptors (Lipinski definition) is 1. The van der Waals surface area contributed by atoms with Crippen molar-refractivity contribution in [2.75, 3.05) is 6.54 Å². The van der Waals surface area contributed by atoms with Gasteiger partial charge in [0.05, 0.1) is 0 Å². The summed E-state index contributed by atoms with van der Waals surface area (Å²) in [5, 5.41) is 2.69. The Morgan fingerprint density at radius 1 is 1.06 bits per heavy atom. The number of nitrogens with zero attached hydrogens (tertiary/aromatic N) is 1. The minimum atomic E-state index is 0.531. The van der Waals surface area contributed by atoms with Crippen molar-refractivity contribution in [1.82, 2.24) is 4.90 Å². The molecule has 2 aliphatic carbocycles. The fraction of sp³-hybridized carbons (Fsp3) is 0.533. The Morgan fingerprint density at radius 3 is 2.75 bits per heavy atom. The summed E-state index contributed by atoms with van der Waals surface area (Å²) in [5.74, 6) is 1.72. The van der Waals surface area contributed by atoms with Gasteiger partial charge in [0.1, 0.15) is 0 Å². The molecule has 0 radical (unpaired) electrons. The average Bonchev–Trinajstić information content (AvgIpc) is 3.34. The minimum absolute atomic E-state index is 0.531. The van der Waals surface area contributed by atoms with Gasteiger partial charge in [-0.1, -0.05) is 77.5 Å². The molecule has 1 heterocycles. The van der Waals surface area contributed by atoms with Crippen molar-refractivity contribution in [2.45, 2.75) is 77.2 Å². The Bertz CT molecular complexity index is 1010. The first-order valence-corrected chi connectivity index (χ1v) is 13.7. The molecule has 3 aliphatic rings. The highest BCUT2D eigenvalue weighted by atomic mass is 79.9. The van der Waals surface area contributed by atoms with E-state index in [-0.39, 0.29) is 0 Å². The molecule has 0 aromatic heterocycles. The van der Waals surface area contributed by atoms with Crippen LogP contribution >= 0.6 is 15.9 Å². The fourth-order valence-electron chi connectivity index (χ4n) is 7.32. The van der Waals surface area contributed by atoms with Gasteiger partial charge >= 0.3 is 0 Å². The van der Waals surface area contributed by atoms with Gasteiger partial charge < -0.3 is 4.90 Å². The third-order valence-corrected chi connectivity index (χ3v) is 9.81. The summed E-state index contributed by atoms with van der Waals surface area (Å²) in [6, 6.07) is 16.4. The fourth-order valence-corrected chi connectivity index (χ4v) is 7.87. The van der Waals surface area contributed by atoms with E-state index < -0.39 is 0 Å². The summed E-state index contributed by atoms with van der Waals surface area (Å²) in [7, 11) is 0. The molecule has 2 saturated carbocycles. The quantitative estimate of drug-likeness (QED) is 0.390. The number of halogens is 1. The van der Waals surface area contributed by atoms with Gasteiger partial charge in [0.2, 0.25) is 0 Å². The second-order valence-electron chi connectivity index (χ2n) is 10.8. The maximum atomic E-state index is 4.44. The van der Waals surface area contributed by atoms with Gasteiger partial charge in [-0.15, -0.1) is 0 Å². The zero-order valence-electron chi connectivity index (χ0n) is 19.7. The van der Waals surface area contributed by atoms with Crippen LogP contribution in [0.25, 0.3) is 10.8 Å². The van der Waals surface area contributed by atoms with Crippen LogP contribution in [-0.4, -0.2) is 17.5 Å². The molecule has 170 valence electrons. The SMILES string of the molecule is C=C1CCC(CCC2CCC3/C(=C/Br)CCCC23C)N1CCc1ccc2ccccc2c1. The number of benzene rings is 2. The van der Waals surface area contributed by atoms with Crippen LogP contribution in [0.15, 0.2) is 65.3 Å². The predicted molar refractivity (Wildman–Crippen MR) is 141 cm³/mol. The van der Waals surface area contributed by atoms with E-state index in [1.807, 2.05) is 0 Å². The smallest absolute Gasteiger partial charge is 0.0290 e. The molecule has 1 nitrogen and oxygen atoms in total. The lowest BCUT2D eigenvalue weighted by atomic mass is 9.63. The van der Waals surface area contributed by atoms with Gasteiger partial charge in [0, 0.05) is 18.3 Å².